The molecular weight excluding hydrogens is 472 g/mol. The number of hydrogen-bond donors (Lipinski definition) is 0. The maximum atomic E-state index is 13.4. The van der Waals surface area contributed by atoms with Gasteiger partial charge in [0.25, 0.3) is 0 Å². The van der Waals surface area contributed by atoms with E-state index in [1.54, 1.807) is 24.3 Å². The molecule has 152 valence electrons. The van der Waals surface area contributed by atoms with Gasteiger partial charge in [-0.3, -0.25) is 14.5 Å². The van der Waals surface area contributed by atoms with E-state index < -0.39 is 5.25 Å². The molecule has 0 N–H and O–H groups in total. The number of benzene rings is 3. The Kier molecular flexibility index (Phi) is 6.36. The van der Waals surface area contributed by atoms with Crippen LogP contribution in [0.2, 0.25) is 0 Å². The molecule has 1 fully saturated rings. The summed E-state index contributed by atoms with van der Waals surface area (Å²) in [6.07, 6.45) is 0.502. The number of anilines is 1. The van der Waals surface area contributed by atoms with Crippen molar-refractivity contribution in [3.05, 3.63) is 111 Å². The fraction of sp³-hybridized carbons (Fsp3) is 0.0800. The summed E-state index contributed by atoms with van der Waals surface area (Å²) in [6, 6.07) is 27.7. The van der Waals surface area contributed by atoms with Crippen LogP contribution in [0.25, 0.3) is 0 Å². The van der Waals surface area contributed by atoms with Crippen LogP contribution in [0.5, 0.6) is 0 Å². The van der Waals surface area contributed by atoms with Crippen molar-refractivity contribution in [3.63, 3.8) is 0 Å². The fourth-order valence-electron chi connectivity index (χ4n) is 3.37. The number of para-hydroxylation sites is 1. The average Bonchev–Trinajstić information content (AvgIpc) is 3.12. The summed E-state index contributed by atoms with van der Waals surface area (Å²) in [6.45, 7) is 0. The largest absolute Gasteiger partial charge is 0.288 e. The second-order valence-electron chi connectivity index (χ2n) is 6.93. The van der Waals surface area contributed by atoms with E-state index in [-0.39, 0.29) is 17.3 Å². The number of nitriles is 1. The van der Waals surface area contributed by atoms with Crippen LogP contribution in [-0.4, -0.2) is 16.9 Å². The van der Waals surface area contributed by atoms with Crippen molar-refractivity contribution in [2.75, 3.05) is 4.90 Å². The molecule has 1 saturated heterocycles. The highest BCUT2D eigenvalue weighted by Gasteiger charge is 2.40. The summed E-state index contributed by atoms with van der Waals surface area (Å²) in [7, 11) is 0. The Balaban J connectivity index is 1.77. The molecule has 0 radical (unpaired) electrons. The molecule has 0 aromatic heterocycles. The zero-order chi connectivity index (χ0) is 21.8. The van der Waals surface area contributed by atoms with Crippen molar-refractivity contribution in [1.82, 2.24) is 0 Å². The Hall–Kier alpha value is -3.14. The first-order chi connectivity index (χ1) is 15.1. The Bertz CT molecular complexity index is 1190. The van der Waals surface area contributed by atoms with Crippen LogP contribution < -0.4 is 4.90 Å². The number of carbonyl (C=O) groups excluding carboxylic acids is 2. The van der Waals surface area contributed by atoms with Gasteiger partial charge in [0.2, 0.25) is 11.7 Å². The van der Waals surface area contributed by atoms with Gasteiger partial charge in [0.15, 0.2) is 0 Å². The Morgan fingerprint density at radius 1 is 0.968 bits per heavy atom. The minimum absolute atomic E-state index is 0.0216. The molecule has 4 nitrogen and oxygen atoms in total. The molecule has 0 aliphatic carbocycles. The molecular formula is C25H17BrN2O2S. The maximum Gasteiger partial charge on any atom is 0.245 e. The lowest BCUT2D eigenvalue weighted by atomic mass is 10.0. The van der Waals surface area contributed by atoms with Crippen LogP contribution in [0.4, 0.5) is 5.69 Å². The van der Waals surface area contributed by atoms with E-state index in [9.17, 15) is 14.9 Å². The third-order valence-electron chi connectivity index (χ3n) is 4.89. The fourth-order valence-corrected chi connectivity index (χ4v) is 4.94. The van der Waals surface area contributed by atoms with Gasteiger partial charge in [-0.05, 0) is 36.2 Å². The summed E-state index contributed by atoms with van der Waals surface area (Å²) in [4.78, 5) is 28.0. The SMILES string of the molecule is N#C/C(C(=O)c1ccccc1)=C1/SC(Cc2ccc(Br)cc2)C(=O)N1c1ccccc1. The quantitative estimate of drug-likeness (QED) is 0.260. The van der Waals surface area contributed by atoms with Gasteiger partial charge in [0.05, 0.1) is 5.25 Å². The maximum absolute atomic E-state index is 13.4. The van der Waals surface area contributed by atoms with E-state index in [1.807, 2.05) is 60.7 Å². The molecule has 0 bridgehead atoms. The van der Waals surface area contributed by atoms with Crippen molar-refractivity contribution >= 4 is 45.1 Å². The summed E-state index contributed by atoms with van der Waals surface area (Å²) in [5, 5.41) is 9.85. The Morgan fingerprint density at radius 2 is 1.58 bits per heavy atom. The van der Waals surface area contributed by atoms with Gasteiger partial charge in [-0.15, -0.1) is 0 Å². The highest BCUT2D eigenvalue weighted by atomic mass is 79.9. The first-order valence-corrected chi connectivity index (χ1v) is 11.3. The van der Waals surface area contributed by atoms with E-state index in [0.717, 1.165) is 10.0 Å². The van der Waals surface area contributed by atoms with Gasteiger partial charge in [-0.2, -0.15) is 5.26 Å². The number of rotatable bonds is 5. The normalized spacial score (nSPS) is 17.4. The van der Waals surface area contributed by atoms with E-state index >= 15 is 0 Å². The molecule has 1 heterocycles. The molecule has 3 aromatic rings. The molecule has 3 aromatic carbocycles. The number of nitrogens with zero attached hydrogens (tertiary/aromatic N) is 2. The second-order valence-corrected chi connectivity index (χ2v) is 9.04. The number of allylic oxidation sites excluding steroid dienone is 1. The summed E-state index contributed by atoms with van der Waals surface area (Å²) in [5.74, 6) is -0.522. The van der Waals surface area contributed by atoms with Crippen LogP contribution in [0.1, 0.15) is 15.9 Å². The van der Waals surface area contributed by atoms with Crippen LogP contribution in [0.15, 0.2) is 100 Å². The zero-order valence-corrected chi connectivity index (χ0v) is 18.8. The van der Waals surface area contributed by atoms with Crippen LogP contribution >= 0.6 is 27.7 Å². The molecule has 1 aliphatic heterocycles. The monoisotopic (exact) mass is 488 g/mol. The van der Waals surface area contributed by atoms with Crippen molar-refractivity contribution < 1.29 is 9.59 Å². The number of halogens is 1. The van der Waals surface area contributed by atoms with Crippen molar-refractivity contribution in [2.24, 2.45) is 0 Å². The average molecular weight is 489 g/mol. The molecule has 31 heavy (non-hydrogen) atoms. The van der Waals surface area contributed by atoms with Gasteiger partial charge in [0.1, 0.15) is 16.7 Å². The molecule has 6 heteroatoms. The topological polar surface area (TPSA) is 61.2 Å². The standard InChI is InChI=1S/C25H17BrN2O2S/c26-19-13-11-17(12-14-19)15-22-24(30)28(20-9-5-2-6-10-20)25(31-22)21(16-27)23(29)18-7-3-1-4-8-18/h1-14,22H,15H2/b25-21-. The molecule has 1 aliphatic rings. The van der Waals surface area contributed by atoms with Crippen LogP contribution in [-0.2, 0) is 11.2 Å². The number of amides is 1. The molecule has 0 saturated carbocycles. The van der Waals surface area contributed by atoms with E-state index in [0.29, 0.717) is 22.7 Å². The third-order valence-corrected chi connectivity index (χ3v) is 6.68. The minimum Gasteiger partial charge on any atom is -0.288 e. The predicted octanol–water partition coefficient (Wildman–Crippen LogP) is 5.76. The smallest absolute Gasteiger partial charge is 0.245 e. The molecule has 1 amide bonds. The number of ketones is 1. The zero-order valence-electron chi connectivity index (χ0n) is 16.4. The van der Waals surface area contributed by atoms with Crippen LogP contribution in [0.3, 0.4) is 0 Å². The summed E-state index contributed by atoms with van der Waals surface area (Å²) in [5.41, 5.74) is 2.05. The first kappa shape index (κ1) is 21.1. The lowest BCUT2D eigenvalue weighted by Gasteiger charge is -2.18. The van der Waals surface area contributed by atoms with Gasteiger partial charge in [-0.25, -0.2) is 0 Å². The molecule has 4 rings (SSSR count). The highest BCUT2D eigenvalue weighted by molar-refractivity contribution is 9.10. The Labute approximate surface area is 193 Å². The summed E-state index contributed by atoms with van der Waals surface area (Å²) >= 11 is 4.70. The van der Waals surface area contributed by atoms with E-state index in [1.165, 1.54) is 16.7 Å². The molecule has 1 unspecified atom stereocenters. The molecule has 1 atom stereocenters. The Morgan fingerprint density at radius 3 is 2.19 bits per heavy atom. The highest BCUT2D eigenvalue weighted by Crippen LogP contribution is 2.42. The predicted molar refractivity (Wildman–Crippen MR) is 127 cm³/mol. The lowest BCUT2D eigenvalue weighted by molar-refractivity contribution is -0.117. The van der Waals surface area contributed by atoms with E-state index in [2.05, 4.69) is 22.0 Å². The number of thioether (sulfide) groups is 1. The van der Waals surface area contributed by atoms with Crippen molar-refractivity contribution in [1.29, 1.82) is 5.26 Å². The third kappa shape index (κ3) is 4.48. The minimum atomic E-state index is -0.427. The van der Waals surface area contributed by atoms with Gasteiger partial charge < -0.3 is 0 Å². The van der Waals surface area contributed by atoms with Gasteiger partial charge in [0, 0.05) is 15.7 Å². The van der Waals surface area contributed by atoms with E-state index in [4.69, 9.17) is 0 Å². The van der Waals surface area contributed by atoms with Crippen molar-refractivity contribution in [2.45, 2.75) is 11.7 Å². The number of hydrogen-bond acceptors (Lipinski definition) is 4. The van der Waals surface area contributed by atoms with Gasteiger partial charge >= 0.3 is 0 Å². The molecule has 0 spiro atoms. The lowest BCUT2D eigenvalue weighted by Crippen LogP contribution is -2.30. The first-order valence-electron chi connectivity index (χ1n) is 9.62. The number of Topliss-reactive ketones (excluding diaryl/α,β-unsaturated/α-hetero) is 1. The number of carbonyl (C=O) groups is 2. The van der Waals surface area contributed by atoms with Gasteiger partial charge in [-0.1, -0.05) is 88.4 Å². The second kappa shape index (κ2) is 9.34. The summed E-state index contributed by atoms with van der Waals surface area (Å²) < 4.78 is 0.966. The van der Waals surface area contributed by atoms with Crippen molar-refractivity contribution in [3.8, 4) is 6.07 Å². The van der Waals surface area contributed by atoms with Crippen LogP contribution in [0, 0.1) is 11.3 Å².